The molecular weight excluding hydrogens is 404 g/mol. The minimum atomic E-state index is -3.58. The van der Waals surface area contributed by atoms with Crippen LogP contribution in [0.1, 0.15) is 11.1 Å². The van der Waals surface area contributed by atoms with Crippen LogP contribution in [0.4, 0.5) is 0 Å². The van der Waals surface area contributed by atoms with Crippen LogP contribution >= 0.6 is 0 Å². The lowest BCUT2D eigenvalue weighted by Gasteiger charge is -2.45. The van der Waals surface area contributed by atoms with Gasteiger partial charge in [0.15, 0.2) is 0 Å². The molecule has 7 nitrogen and oxygen atoms in total. The summed E-state index contributed by atoms with van der Waals surface area (Å²) in [5.41, 5.74) is 1.85. The predicted molar refractivity (Wildman–Crippen MR) is 112 cm³/mol. The average Bonchev–Trinajstić information content (AvgIpc) is 2.73. The Morgan fingerprint density at radius 2 is 1.67 bits per heavy atom. The number of nitrogens with zero attached hydrogens (tertiary/aromatic N) is 2. The van der Waals surface area contributed by atoms with Crippen molar-refractivity contribution in [2.75, 3.05) is 33.3 Å². The lowest BCUT2D eigenvalue weighted by atomic mass is 10.1. The molecule has 8 heteroatoms. The van der Waals surface area contributed by atoms with E-state index in [1.165, 1.54) is 4.31 Å². The molecule has 2 unspecified atom stereocenters. The lowest BCUT2D eigenvalue weighted by Crippen LogP contribution is -2.61. The number of methoxy groups -OCH3 is 1. The predicted octanol–water partition coefficient (Wildman–Crippen LogP) is 1.85. The van der Waals surface area contributed by atoms with Gasteiger partial charge in [-0.1, -0.05) is 35.9 Å². The quantitative estimate of drug-likeness (QED) is 0.724. The Hall–Kier alpha value is -2.42. The number of rotatable bonds is 5. The van der Waals surface area contributed by atoms with E-state index in [-0.39, 0.29) is 42.5 Å². The highest BCUT2D eigenvalue weighted by molar-refractivity contribution is 7.89. The molecule has 160 valence electrons. The molecule has 2 atom stereocenters. The third-order valence-corrected chi connectivity index (χ3v) is 7.44. The van der Waals surface area contributed by atoms with Crippen molar-refractivity contribution in [2.24, 2.45) is 0 Å². The highest BCUT2D eigenvalue weighted by atomic mass is 32.2. The van der Waals surface area contributed by atoms with Gasteiger partial charge in [0.1, 0.15) is 5.75 Å². The van der Waals surface area contributed by atoms with Gasteiger partial charge in [0, 0.05) is 31.7 Å². The monoisotopic (exact) mass is 430 g/mol. The first-order valence-electron chi connectivity index (χ1n) is 9.99. The highest BCUT2D eigenvalue weighted by Crippen LogP contribution is 2.26. The SMILES string of the molecule is COc1ccccc1CC(=O)N1CC2CN(S(=O)(=O)c3ccc(C)cc3)CC(C1)O2. The largest absolute Gasteiger partial charge is 0.496 e. The number of fused-ring (bicyclic) bond motifs is 2. The van der Waals surface area contributed by atoms with E-state index in [4.69, 9.17) is 9.47 Å². The zero-order chi connectivity index (χ0) is 21.3. The maximum absolute atomic E-state index is 13.0. The Kier molecular flexibility index (Phi) is 5.81. The zero-order valence-electron chi connectivity index (χ0n) is 17.2. The number of carbonyl (C=O) groups is 1. The van der Waals surface area contributed by atoms with Gasteiger partial charge in [-0.2, -0.15) is 4.31 Å². The van der Waals surface area contributed by atoms with Gasteiger partial charge in [0.25, 0.3) is 0 Å². The van der Waals surface area contributed by atoms with Crippen molar-refractivity contribution in [1.82, 2.24) is 9.21 Å². The van der Waals surface area contributed by atoms with Gasteiger partial charge in [-0.05, 0) is 25.1 Å². The van der Waals surface area contributed by atoms with Gasteiger partial charge in [0.2, 0.25) is 15.9 Å². The number of ether oxygens (including phenoxy) is 2. The number of carbonyl (C=O) groups excluding carboxylic acids is 1. The van der Waals surface area contributed by atoms with Crippen LogP contribution in [0.25, 0.3) is 0 Å². The second-order valence-electron chi connectivity index (χ2n) is 7.80. The third-order valence-electron chi connectivity index (χ3n) is 5.59. The first kappa shape index (κ1) is 20.8. The minimum absolute atomic E-state index is 0.00681. The van der Waals surface area contributed by atoms with Crippen LogP contribution in [0.15, 0.2) is 53.4 Å². The van der Waals surface area contributed by atoms with E-state index < -0.39 is 10.0 Å². The molecule has 2 saturated heterocycles. The van der Waals surface area contributed by atoms with E-state index in [2.05, 4.69) is 0 Å². The first-order chi connectivity index (χ1) is 14.4. The second-order valence-corrected chi connectivity index (χ2v) is 9.74. The Bertz CT molecular complexity index is 1010. The van der Waals surface area contributed by atoms with Crippen LogP contribution in [0.5, 0.6) is 5.75 Å². The number of morpholine rings is 2. The van der Waals surface area contributed by atoms with Crippen molar-refractivity contribution in [3.8, 4) is 5.75 Å². The van der Waals surface area contributed by atoms with Gasteiger partial charge in [-0.15, -0.1) is 0 Å². The molecule has 2 bridgehead atoms. The van der Waals surface area contributed by atoms with Gasteiger partial charge >= 0.3 is 0 Å². The summed E-state index contributed by atoms with van der Waals surface area (Å²) < 4.78 is 38.8. The number of hydrogen-bond acceptors (Lipinski definition) is 5. The number of hydrogen-bond donors (Lipinski definition) is 0. The standard InChI is InChI=1S/C22H26N2O5S/c1-16-7-9-20(10-8-16)30(26,27)24-14-18-12-23(13-19(15-24)29-18)22(25)11-17-5-3-4-6-21(17)28-2/h3-10,18-19H,11-15H2,1-2H3. The van der Waals surface area contributed by atoms with Gasteiger partial charge in [-0.25, -0.2) is 8.42 Å². The number of amides is 1. The van der Waals surface area contributed by atoms with E-state index in [1.807, 2.05) is 31.2 Å². The van der Waals surface area contributed by atoms with Gasteiger partial charge < -0.3 is 14.4 Å². The third kappa shape index (κ3) is 4.21. The fourth-order valence-electron chi connectivity index (χ4n) is 4.04. The van der Waals surface area contributed by atoms with Crippen LogP contribution in [0.2, 0.25) is 0 Å². The average molecular weight is 431 g/mol. The first-order valence-corrected chi connectivity index (χ1v) is 11.4. The molecule has 0 spiro atoms. The van der Waals surface area contributed by atoms with E-state index in [9.17, 15) is 13.2 Å². The number of benzene rings is 2. The van der Waals surface area contributed by atoms with Crippen molar-refractivity contribution in [2.45, 2.75) is 30.4 Å². The molecule has 0 aliphatic carbocycles. The molecular formula is C22H26N2O5S. The summed E-state index contributed by atoms with van der Waals surface area (Å²) in [6.07, 6.45) is -0.423. The molecule has 4 rings (SSSR count). The molecule has 2 aromatic carbocycles. The molecule has 0 aromatic heterocycles. The van der Waals surface area contributed by atoms with Crippen molar-refractivity contribution < 1.29 is 22.7 Å². The smallest absolute Gasteiger partial charge is 0.243 e. The number of sulfonamides is 1. The Labute approximate surface area is 177 Å². The summed E-state index contributed by atoms with van der Waals surface area (Å²) >= 11 is 0. The molecule has 0 N–H and O–H groups in total. The van der Waals surface area contributed by atoms with Crippen molar-refractivity contribution >= 4 is 15.9 Å². The molecule has 30 heavy (non-hydrogen) atoms. The molecule has 2 heterocycles. The summed E-state index contributed by atoms with van der Waals surface area (Å²) in [5, 5.41) is 0. The molecule has 2 aliphatic rings. The Morgan fingerprint density at radius 1 is 1.03 bits per heavy atom. The topological polar surface area (TPSA) is 76.2 Å². The maximum Gasteiger partial charge on any atom is 0.243 e. The van der Waals surface area contributed by atoms with Gasteiger partial charge in [-0.3, -0.25) is 4.79 Å². The molecule has 0 saturated carbocycles. The Morgan fingerprint density at radius 3 is 2.30 bits per heavy atom. The fourth-order valence-corrected chi connectivity index (χ4v) is 5.54. The Balaban J connectivity index is 1.44. The van der Waals surface area contributed by atoms with Crippen molar-refractivity contribution in [3.05, 3.63) is 59.7 Å². The lowest BCUT2D eigenvalue weighted by molar-refractivity contribution is -0.153. The number of aryl methyl sites for hydroxylation is 1. The summed E-state index contributed by atoms with van der Waals surface area (Å²) in [4.78, 5) is 14.9. The molecule has 2 fully saturated rings. The highest BCUT2D eigenvalue weighted by Gasteiger charge is 2.41. The van der Waals surface area contributed by atoms with Gasteiger partial charge in [0.05, 0.1) is 30.6 Å². The van der Waals surface area contributed by atoms with Crippen LogP contribution < -0.4 is 4.74 Å². The summed E-state index contributed by atoms with van der Waals surface area (Å²) in [6.45, 7) is 3.16. The zero-order valence-corrected chi connectivity index (χ0v) is 18.0. The molecule has 2 aromatic rings. The fraction of sp³-hybridized carbons (Fsp3) is 0.409. The van der Waals surface area contributed by atoms with Crippen LogP contribution in [-0.4, -0.2) is 69.0 Å². The molecule has 0 radical (unpaired) electrons. The molecule has 2 aliphatic heterocycles. The molecule has 1 amide bonds. The van der Waals surface area contributed by atoms with E-state index >= 15 is 0 Å². The van der Waals surface area contributed by atoms with Crippen molar-refractivity contribution in [1.29, 1.82) is 0 Å². The second kappa shape index (κ2) is 8.37. The van der Waals surface area contributed by atoms with E-state index in [1.54, 1.807) is 36.3 Å². The van der Waals surface area contributed by atoms with E-state index in [0.717, 1.165) is 11.1 Å². The minimum Gasteiger partial charge on any atom is -0.496 e. The number of para-hydroxylation sites is 1. The normalized spacial score (nSPS) is 22.0. The van der Waals surface area contributed by atoms with Crippen LogP contribution in [-0.2, 0) is 26.0 Å². The maximum atomic E-state index is 13.0. The summed E-state index contributed by atoms with van der Waals surface area (Å²) in [6, 6.07) is 14.3. The van der Waals surface area contributed by atoms with Crippen LogP contribution in [0, 0.1) is 6.92 Å². The van der Waals surface area contributed by atoms with E-state index in [0.29, 0.717) is 18.8 Å². The summed E-state index contributed by atoms with van der Waals surface area (Å²) in [7, 11) is -1.99. The van der Waals surface area contributed by atoms with Crippen LogP contribution in [0.3, 0.4) is 0 Å². The summed E-state index contributed by atoms with van der Waals surface area (Å²) in [5.74, 6) is 0.683. The van der Waals surface area contributed by atoms with Crippen molar-refractivity contribution in [3.63, 3.8) is 0 Å².